The molecule has 0 radical (unpaired) electrons. The summed E-state index contributed by atoms with van der Waals surface area (Å²) in [5.74, 6) is -0.900. The lowest BCUT2D eigenvalue weighted by atomic mass is 9.98. The molecule has 0 saturated carbocycles. The zero-order valence-corrected chi connectivity index (χ0v) is 20.2. The number of carbonyl (C=O) groups is 3. The first kappa shape index (κ1) is 24.1. The Bertz CT molecular complexity index is 1030. The van der Waals surface area contributed by atoms with Gasteiger partial charge in [0.1, 0.15) is 12.6 Å². The SMILES string of the molecule is CCC1SCC(C(=O)O)N1C(=O)C[C@@H](CC)NC(=O)OCC1c2ccccc2-c2ccccc21. The number of fused-ring (bicyclic) bond motifs is 3. The first-order valence-corrected chi connectivity index (χ1v) is 12.8. The molecule has 7 nitrogen and oxygen atoms in total. The van der Waals surface area contributed by atoms with Crippen molar-refractivity contribution in [1.29, 1.82) is 0 Å². The van der Waals surface area contributed by atoms with Crippen molar-refractivity contribution in [3.63, 3.8) is 0 Å². The molecule has 0 spiro atoms. The van der Waals surface area contributed by atoms with E-state index in [1.54, 1.807) is 0 Å². The van der Waals surface area contributed by atoms with E-state index in [4.69, 9.17) is 4.74 Å². The van der Waals surface area contributed by atoms with Gasteiger partial charge in [-0.15, -0.1) is 11.8 Å². The smallest absolute Gasteiger partial charge is 0.407 e. The Kier molecular flexibility index (Phi) is 7.46. The van der Waals surface area contributed by atoms with Gasteiger partial charge in [-0.1, -0.05) is 62.4 Å². The van der Waals surface area contributed by atoms with Crippen molar-refractivity contribution in [1.82, 2.24) is 10.2 Å². The highest BCUT2D eigenvalue weighted by atomic mass is 32.2. The van der Waals surface area contributed by atoms with Gasteiger partial charge in [-0.05, 0) is 35.1 Å². The highest BCUT2D eigenvalue weighted by Crippen LogP contribution is 2.44. The van der Waals surface area contributed by atoms with Crippen molar-refractivity contribution < 1.29 is 24.2 Å². The molecule has 2 aliphatic rings. The van der Waals surface area contributed by atoms with Crippen LogP contribution >= 0.6 is 11.8 Å². The van der Waals surface area contributed by atoms with Crippen LogP contribution in [0.25, 0.3) is 11.1 Å². The van der Waals surface area contributed by atoms with Gasteiger partial charge in [0.2, 0.25) is 5.91 Å². The van der Waals surface area contributed by atoms with E-state index in [9.17, 15) is 19.5 Å². The zero-order valence-electron chi connectivity index (χ0n) is 19.4. The Labute approximate surface area is 203 Å². The number of thioether (sulfide) groups is 1. The largest absolute Gasteiger partial charge is 0.480 e. The quantitative estimate of drug-likeness (QED) is 0.577. The fourth-order valence-electron chi connectivity index (χ4n) is 4.82. The number of rotatable bonds is 8. The summed E-state index contributed by atoms with van der Waals surface area (Å²) in [7, 11) is 0. The zero-order chi connectivity index (χ0) is 24.2. The number of nitrogens with zero attached hydrogens (tertiary/aromatic N) is 1. The molecular weight excluding hydrogens is 452 g/mol. The van der Waals surface area contributed by atoms with Gasteiger partial charge in [0.15, 0.2) is 0 Å². The van der Waals surface area contributed by atoms with Crippen LogP contribution in [0.5, 0.6) is 0 Å². The molecule has 2 unspecified atom stereocenters. The number of hydrogen-bond acceptors (Lipinski definition) is 5. The third-order valence-corrected chi connectivity index (χ3v) is 8.05. The monoisotopic (exact) mass is 482 g/mol. The van der Waals surface area contributed by atoms with Crippen LogP contribution in [0.3, 0.4) is 0 Å². The Balaban J connectivity index is 1.37. The lowest BCUT2D eigenvalue weighted by Gasteiger charge is -2.28. The summed E-state index contributed by atoms with van der Waals surface area (Å²) >= 11 is 1.49. The predicted octanol–water partition coefficient (Wildman–Crippen LogP) is 4.46. The minimum Gasteiger partial charge on any atom is -0.480 e. The van der Waals surface area contributed by atoms with E-state index >= 15 is 0 Å². The van der Waals surface area contributed by atoms with Gasteiger partial charge in [0.05, 0.1) is 5.37 Å². The summed E-state index contributed by atoms with van der Waals surface area (Å²) in [5.41, 5.74) is 4.59. The van der Waals surface area contributed by atoms with Crippen molar-refractivity contribution in [2.24, 2.45) is 0 Å². The molecule has 1 heterocycles. The molecule has 3 atom stereocenters. The van der Waals surface area contributed by atoms with E-state index in [1.165, 1.54) is 16.7 Å². The van der Waals surface area contributed by atoms with Crippen molar-refractivity contribution in [3.8, 4) is 11.1 Å². The van der Waals surface area contributed by atoms with E-state index in [0.717, 1.165) is 22.3 Å². The normalized spacial score (nSPS) is 19.9. The summed E-state index contributed by atoms with van der Waals surface area (Å²) in [6, 6.07) is 15.0. The Morgan fingerprint density at radius 2 is 1.71 bits per heavy atom. The molecule has 2 aromatic carbocycles. The van der Waals surface area contributed by atoms with Gasteiger partial charge in [0.25, 0.3) is 0 Å². The lowest BCUT2D eigenvalue weighted by Crippen LogP contribution is -2.48. The van der Waals surface area contributed by atoms with E-state index in [-0.39, 0.29) is 30.2 Å². The van der Waals surface area contributed by atoms with Crippen LogP contribution in [0.15, 0.2) is 48.5 Å². The third-order valence-electron chi connectivity index (χ3n) is 6.59. The maximum absolute atomic E-state index is 13.0. The van der Waals surface area contributed by atoms with Crippen LogP contribution in [0, 0.1) is 0 Å². The van der Waals surface area contributed by atoms with Crippen LogP contribution < -0.4 is 5.32 Å². The van der Waals surface area contributed by atoms with E-state index in [0.29, 0.717) is 18.6 Å². The fourth-order valence-corrected chi connectivity index (χ4v) is 6.19. The minimum atomic E-state index is -0.991. The first-order valence-electron chi connectivity index (χ1n) is 11.7. The molecule has 2 aromatic rings. The fraction of sp³-hybridized carbons (Fsp3) is 0.423. The van der Waals surface area contributed by atoms with Gasteiger partial charge >= 0.3 is 12.1 Å². The lowest BCUT2D eigenvalue weighted by molar-refractivity contribution is -0.149. The number of benzene rings is 2. The molecule has 2 amide bonds. The Morgan fingerprint density at radius 3 is 2.26 bits per heavy atom. The molecule has 0 aromatic heterocycles. The molecular formula is C26H30N2O5S. The van der Waals surface area contributed by atoms with Gasteiger partial charge in [-0.2, -0.15) is 0 Å². The molecule has 1 aliphatic heterocycles. The number of ether oxygens (including phenoxy) is 1. The van der Waals surface area contributed by atoms with Gasteiger partial charge in [-0.3, -0.25) is 4.79 Å². The summed E-state index contributed by atoms with van der Waals surface area (Å²) in [6.45, 7) is 4.02. The predicted molar refractivity (Wildman–Crippen MR) is 132 cm³/mol. The van der Waals surface area contributed by atoms with Crippen molar-refractivity contribution in [2.45, 2.75) is 56.5 Å². The second-order valence-electron chi connectivity index (χ2n) is 8.63. The standard InChI is InChI=1S/C26H30N2O5S/c1-3-16(13-23(29)28-22(25(30)31)15-34-24(28)4-2)27-26(32)33-14-21-19-11-7-5-9-17(19)18-10-6-8-12-20(18)21/h5-12,16,21-22,24H,3-4,13-15H2,1-2H3,(H,27,32)(H,30,31)/t16-,22?,24?/m1/s1. The number of carboxylic acids is 1. The number of hydrogen-bond donors (Lipinski definition) is 2. The van der Waals surface area contributed by atoms with Gasteiger partial charge < -0.3 is 20.1 Å². The van der Waals surface area contributed by atoms with Gasteiger partial charge in [0, 0.05) is 24.1 Å². The molecule has 4 rings (SSSR count). The number of carbonyl (C=O) groups excluding carboxylic acids is 2. The highest BCUT2D eigenvalue weighted by molar-refractivity contribution is 8.00. The molecule has 34 heavy (non-hydrogen) atoms. The minimum absolute atomic E-state index is 0.0388. The first-order chi connectivity index (χ1) is 16.4. The van der Waals surface area contributed by atoms with Crippen LogP contribution in [-0.2, 0) is 14.3 Å². The highest BCUT2D eigenvalue weighted by Gasteiger charge is 2.41. The van der Waals surface area contributed by atoms with Crippen LogP contribution in [-0.4, -0.2) is 57.8 Å². The van der Waals surface area contributed by atoms with E-state index in [1.807, 2.05) is 38.1 Å². The number of alkyl carbamates (subject to hydrolysis) is 1. The summed E-state index contributed by atoms with van der Waals surface area (Å²) in [6.07, 6.45) is 0.683. The molecule has 8 heteroatoms. The van der Waals surface area contributed by atoms with E-state index in [2.05, 4.69) is 29.6 Å². The van der Waals surface area contributed by atoms with Crippen molar-refractivity contribution in [2.75, 3.05) is 12.4 Å². The Hall–Kier alpha value is -3.00. The molecule has 1 aliphatic carbocycles. The number of aliphatic carboxylic acids is 1. The molecule has 1 saturated heterocycles. The number of nitrogens with one attached hydrogen (secondary N) is 1. The van der Waals surface area contributed by atoms with Gasteiger partial charge in [-0.25, -0.2) is 9.59 Å². The van der Waals surface area contributed by atoms with Crippen molar-refractivity contribution >= 4 is 29.7 Å². The van der Waals surface area contributed by atoms with Crippen LogP contribution in [0.2, 0.25) is 0 Å². The molecule has 180 valence electrons. The average molecular weight is 483 g/mol. The van der Waals surface area contributed by atoms with Crippen molar-refractivity contribution in [3.05, 3.63) is 59.7 Å². The molecule has 0 bridgehead atoms. The van der Waals surface area contributed by atoms with Crippen LogP contribution in [0.4, 0.5) is 4.79 Å². The molecule has 2 N–H and O–H groups in total. The maximum Gasteiger partial charge on any atom is 0.407 e. The summed E-state index contributed by atoms with van der Waals surface area (Å²) in [5, 5.41) is 12.2. The maximum atomic E-state index is 13.0. The third kappa shape index (κ3) is 4.78. The number of amides is 2. The summed E-state index contributed by atoms with van der Waals surface area (Å²) in [4.78, 5) is 38.7. The average Bonchev–Trinajstić information content (AvgIpc) is 3.42. The Morgan fingerprint density at radius 1 is 1.09 bits per heavy atom. The summed E-state index contributed by atoms with van der Waals surface area (Å²) < 4.78 is 5.61. The van der Waals surface area contributed by atoms with E-state index < -0.39 is 24.1 Å². The second-order valence-corrected chi connectivity index (χ2v) is 9.84. The topological polar surface area (TPSA) is 95.9 Å². The van der Waals surface area contributed by atoms with Crippen LogP contribution in [0.1, 0.15) is 50.2 Å². The number of carboxylic acid groups (broad SMARTS) is 1. The molecule has 1 fully saturated rings. The second kappa shape index (κ2) is 10.5.